The fraction of sp³-hybridized carbons (Fsp3) is 0.364. The van der Waals surface area contributed by atoms with Crippen molar-refractivity contribution in [1.82, 2.24) is 0 Å². The third-order valence-corrected chi connectivity index (χ3v) is 2.09. The van der Waals surface area contributed by atoms with Gasteiger partial charge in [0.05, 0.1) is 12.6 Å². The summed E-state index contributed by atoms with van der Waals surface area (Å²) in [5, 5.41) is 9.54. The third kappa shape index (κ3) is 6.42. The topological polar surface area (TPSA) is 84.6 Å². The summed E-state index contributed by atoms with van der Waals surface area (Å²) in [6.07, 6.45) is 1.02. The number of benzene rings is 1. The Hall–Kier alpha value is -1.07. The van der Waals surface area contributed by atoms with Gasteiger partial charge in [-0.15, -0.1) is 17.0 Å². The molecule has 5 N–H and O–H groups in total. The summed E-state index contributed by atoms with van der Waals surface area (Å²) < 4.78 is 0. The van der Waals surface area contributed by atoms with E-state index in [9.17, 15) is 5.11 Å². The molecule has 0 bridgehead atoms. The molecule has 0 fully saturated rings. The van der Waals surface area contributed by atoms with Crippen molar-refractivity contribution in [2.24, 2.45) is 16.5 Å². The Morgan fingerprint density at radius 3 is 2.44 bits per heavy atom. The van der Waals surface area contributed by atoms with Gasteiger partial charge in [0.1, 0.15) is 0 Å². The first-order chi connectivity index (χ1) is 7.18. The van der Waals surface area contributed by atoms with Crippen molar-refractivity contribution in [3.63, 3.8) is 0 Å². The van der Waals surface area contributed by atoms with Gasteiger partial charge in [0.2, 0.25) is 0 Å². The number of guanidine groups is 1. The lowest BCUT2D eigenvalue weighted by Crippen LogP contribution is -2.25. The van der Waals surface area contributed by atoms with E-state index in [1.165, 1.54) is 5.56 Å². The van der Waals surface area contributed by atoms with E-state index in [4.69, 9.17) is 11.5 Å². The lowest BCUT2D eigenvalue weighted by atomic mass is 10.1. The number of hydrogen-bond donors (Lipinski definition) is 3. The number of aryl methyl sites for hydroxylation is 1. The van der Waals surface area contributed by atoms with Gasteiger partial charge in [-0.05, 0) is 18.4 Å². The van der Waals surface area contributed by atoms with Gasteiger partial charge in [0.25, 0.3) is 0 Å². The Morgan fingerprint density at radius 1 is 1.25 bits per heavy atom. The molecule has 0 radical (unpaired) electrons. The molecule has 0 aromatic heterocycles. The lowest BCUT2D eigenvalue weighted by molar-refractivity contribution is 0.173. The Kier molecular flexibility index (Phi) is 7.58. The number of rotatable bonds is 5. The number of aliphatic hydroxyl groups excluding tert-OH is 1. The van der Waals surface area contributed by atoms with Crippen LogP contribution in [0, 0.1) is 0 Å². The molecule has 5 heteroatoms. The predicted molar refractivity (Wildman–Crippen MR) is 71.8 cm³/mol. The van der Waals surface area contributed by atoms with Crippen LogP contribution in [0.15, 0.2) is 35.3 Å². The van der Waals surface area contributed by atoms with Gasteiger partial charge < -0.3 is 16.6 Å². The summed E-state index contributed by atoms with van der Waals surface area (Å²) in [4.78, 5) is 3.76. The fourth-order valence-electron chi connectivity index (χ4n) is 1.28. The van der Waals surface area contributed by atoms with Crippen molar-refractivity contribution >= 4 is 22.9 Å². The molecule has 90 valence electrons. The molecular weight excluding hydrogens is 270 g/mol. The maximum Gasteiger partial charge on any atom is 0.185 e. The monoisotopic (exact) mass is 287 g/mol. The second-order valence-corrected chi connectivity index (χ2v) is 3.44. The van der Waals surface area contributed by atoms with Crippen molar-refractivity contribution in [1.29, 1.82) is 0 Å². The van der Waals surface area contributed by atoms with E-state index < -0.39 is 6.10 Å². The molecule has 1 aromatic rings. The molecule has 16 heavy (non-hydrogen) atoms. The molecule has 0 saturated heterocycles. The predicted octanol–water partition coefficient (Wildman–Crippen LogP) is 0.831. The van der Waals surface area contributed by atoms with E-state index in [-0.39, 0.29) is 29.5 Å². The van der Waals surface area contributed by atoms with Crippen molar-refractivity contribution in [3.05, 3.63) is 35.9 Å². The van der Waals surface area contributed by atoms with Gasteiger partial charge in [0, 0.05) is 0 Å². The Morgan fingerprint density at radius 2 is 1.88 bits per heavy atom. The van der Waals surface area contributed by atoms with Crippen LogP contribution in [-0.4, -0.2) is 23.7 Å². The van der Waals surface area contributed by atoms with E-state index in [1.807, 2.05) is 30.3 Å². The number of aliphatic hydroxyl groups is 1. The minimum atomic E-state index is -0.479. The van der Waals surface area contributed by atoms with E-state index in [1.54, 1.807) is 0 Å². The van der Waals surface area contributed by atoms with Crippen LogP contribution in [0.3, 0.4) is 0 Å². The smallest absolute Gasteiger partial charge is 0.185 e. The Bertz CT molecular complexity index is 312. The minimum absolute atomic E-state index is 0. The van der Waals surface area contributed by atoms with E-state index >= 15 is 0 Å². The van der Waals surface area contributed by atoms with Crippen LogP contribution in [0.25, 0.3) is 0 Å². The molecule has 0 aliphatic carbocycles. The molecule has 0 aliphatic rings. The van der Waals surface area contributed by atoms with Gasteiger partial charge in [-0.25, -0.2) is 0 Å². The highest BCUT2D eigenvalue weighted by Crippen LogP contribution is 2.04. The SMILES string of the molecule is Br.NC(N)=NCC(O)CCc1ccccc1. The molecule has 1 rings (SSSR count). The van der Waals surface area contributed by atoms with E-state index in [0.29, 0.717) is 6.42 Å². The average molecular weight is 288 g/mol. The van der Waals surface area contributed by atoms with Gasteiger partial charge in [-0.2, -0.15) is 0 Å². The summed E-state index contributed by atoms with van der Waals surface area (Å²) in [5.41, 5.74) is 11.5. The summed E-state index contributed by atoms with van der Waals surface area (Å²) >= 11 is 0. The molecule has 1 atom stereocenters. The standard InChI is InChI=1S/C11H17N3O.BrH/c12-11(13)14-8-10(15)7-6-9-4-2-1-3-5-9;/h1-5,10,15H,6-8H2,(H4,12,13,14);1H. The molecular formula is C11H18BrN3O. The number of halogens is 1. The zero-order valence-corrected chi connectivity index (χ0v) is 10.8. The summed E-state index contributed by atoms with van der Waals surface area (Å²) in [6.45, 7) is 0.273. The molecule has 0 amide bonds. The van der Waals surface area contributed by atoms with Gasteiger partial charge in [-0.1, -0.05) is 30.3 Å². The summed E-state index contributed by atoms with van der Waals surface area (Å²) in [6, 6.07) is 10.0. The number of nitrogens with zero attached hydrogens (tertiary/aromatic N) is 1. The van der Waals surface area contributed by atoms with Crippen LogP contribution < -0.4 is 11.5 Å². The van der Waals surface area contributed by atoms with Crippen LogP contribution in [0.4, 0.5) is 0 Å². The highest BCUT2D eigenvalue weighted by Gasteiger charge is 2.03. The first-order valence-corrected chi connectivity index (χ1v) is 4.96. The minimum Gasteiger partial charge on any atom is -0.391 e. The average Bonchev–Trinajstić information content (AvgIpc) is 2.25. The molecule has 0 saturated carbocycles. The largest absolute Gasteiger partial charge is 0.391 e. The molecule has 0 aliphatic heterocycles. The normalized spacial score (nSPS) is 11.3. The lowest BCUT2D eigenvalue weighted by Gasteiger charge is -2.07. The molecule has 0 spiro atoms. The van der Waals surface area contributed by atoms with Gasteiger partial charge in [-0.3, -0.25) is 4.99 Å². The van der Waals surface area contributed by atoms with E-state index in [2.05, 4.69) is 4.99 Å². The zero-order valence-electron chi connectivity index (χ0n) is 9.04. The van der Waals surface area contributed by atoms with E-state index in [0.717, 1.165) is 6.42 Å². The second kappa shape index (κ2) is 8.13. The third-order valence-electron chi connectivity index (χ3n) is 2.09. The van der Waals surface area contributed by atoms with Crippen LogP contribution in [0.2, 0.25) is 0 Å². The first-order valence-electron chi connectivity index (χ1n) is 4.96. The van der Waals surface area contributed by atoms with Crippen molar-refractivity contribution < 1.29 is 5.11 Å². The first kappa shape index (κ1) is 14.9. The Labute approximate surface area is 106 Å². The fourth-order valence-corrected chi connectivity index (χ4v) is 1.28. The maximum atomic E-state index is 9.54. The highest BCUT2D eigenvalue weighted by atomic mass is 79.9. The highest BCUT2D eigenvalue weighted by molar-refractivity contribution is 8.93. The number of hydrogen-bond acceptors (Lipinski definition) is 2. The maximum absolute atomic E-state index is 9.54. The zero-order chi connectivity index (χ0) is 11.1. The Balaban J connectivity index is 0.00000225. The summed E-state index contributed by atoms with van der Waals surface area (Å²) in [7, 11) is 0. The number of nitrogens with two attached hydrogens (primary N) is 2. The van der Waals surface area contributed by atoms with Crippen LogP contribution in [0.5, 0.6) is 0 Å². The molecule has 0 heterocycles. The quantitative estimate of drug-likeness (QED) is 0.554. The van der Waals surface area contributed by atoms with Crippen LogP contribution >= 0.6 is 17.0 Å². The summed E-state index contributed by atoms with van der Waals surface area (Å²) in [5.74, 6) is 0.0220. The van der Waals surface area contributed by atoms with Crippen molar-refractivity contribution in [3.8, 4) is 0 Å². The van der Waals surface area contributed by atoms with Gasteiger partial charge in [0.15, 0.2) is 5.96 Å². The molecule has 1 aromatic carbocycles. The van der Waals surface area contributed by atoms with Crippen molar-refractivity contribution in [2.45, 2.75) is 18.9 Å². The molecule has 4 nitrogen and oxygen atoms in total. The van der Waals surface area contributed by atoms with Gasteiger partial charge >= 0.3 is 0 Å². The van der Waals surface area contributed by atoms with Crippen LogP contribution in [-0.2, 0) is 6.42 Å². The second-order valence-electron chi connectivity index (χ2n) is 3.44. The molecule has 1 unspecified atom stereocenters. The number of aliphatic imine (C=N–C) groups is 1. The van der Waals surface area contributed by atoms with Crippen LogP contribution in [0.1, 0.15) is 12.0 Å². The van der Waals surface area contributed by atoms with Crippen molar-refractivity contribution in [2.75, 3.05) is 6.54 Å².